The van der Waals surface area contributed by atoms with Crippen molar-refractivity contribution in [3.8, 4) is 0 Å². The lowest BCUT2D eigenvalue weighted by molar-refractivity contribution is 0.102. The van der Waals surface area contributed by atoms with E-state index in [4.69, 9.17) is 0 Å². The molecule has 3 rings (SSSR count). The highest BCUT2D eigenvalue weighted by atomic mass is 16.2. The molecular weight excluding hydrogens is 242 g/mol. The second-order valence-electron chi connectivity index (χ2n) is 4.49. The summed E-state index contributed by atoms with van der Waals surface area (Å²) in [5, 5.41) is 11.2. The van der Waals surface area contributed by atoms with Crippen LogP contribution < -0.4 is 5.32 Å². The first kappa shape index (κ1) is 11.5. The summed E-state index contributed by atoms with van der Waals surface area (Å²) < 4.78 is 1.64. The van der Waals surface area contributed by atoms with Crippen LogP contribution in [0.3, 0.4) is 0 Å². The van der Waals surface area contributed by atoms with Gasteiger partial charge in [0.1, 0.15) is 12.0 Å². The number of fused-ring (bicyclic) bond motifs is 1. The first-order valence-corrected chi connectivity index (χ1v) is 5.88. The average molecular weight is 255 g/mol. The van der Waals surface area contributed by atoms with Gasteiger partial charge in [0, 0.05) is 18.0 Å². The summed E-state index contributed by atoms with van der Waals surface area (Å²) in [7, 11) is 1.77. The summed E-state index contributed by atoms with van der Waals surface area (Å²) in [6, 6.07) is 7.83. The van der Waals surface area contributed by atoms with Crippen LogP contribution in [0.25, 0.3) is 10.9 Å². The molecule has 0 aliphatic carbocycles. The van der Waals surface area contributed by atoms with E-state index in [-0.39, 0.29) is 5.91 Å². The molecule has 0 unspecified atom stereocenters. The summed E-state index contributed by atoms with van der Waals surface area (Å²) in [4.78, 5) is 15.2. The van der Waals surface area contributed by atoms with Crippen molar-refractivity contribution in [1.29, 1.82) is 0 Å². The summed E-state index contributed by atoms with van der Waals surface area (Å²) in [5.74, 6) is 0.185. The largest absolute Gasteiger partial charge is 0.351 e. The number of hydrogen-bond donors (Lipinski definition) is 2. The highest BCUT2D eigenvalue weighted by Gasteiger charge is 2.12. The molecule has 1 amide bonds. The van der Waals surface area contributed by atoms with Gasteiger partial charge < -0.3 is 9.55 Å². The van der Waals surface area contributed by atoms with Crippen molar-refractivity contribution in [2.24, 2.45) is 7.05 Å². The smallest absolute Gasteiger partial charge is 0.274 e. The quantitative estimate of drug-likeness (QED) is 0.733. The molecule has 0 saturated carbocycles. The Labute approximate surface area is 109 Å². The molecule has 0 saturated heterocycles. The van der Waals surface area contributed by atoms with E-state index in [2.05, 4.69) is 20.5 Å². The fourth-order valence-electron chi connectivity index (χ4n) is 1.93. The molecule has 1 aromatic carbocycles. The molecule has 0 radical (unpaired) electrons. The Morgan fingerprint density at radius 1 is 1.37 bits per heavy atom. The zero-order valence-corrected chi connectivity index (χ0v) is 10.6. The number of benzene rings is 1. The number of anilines is 1. The van der Waals surface area contributed by atoms with Crippen LogP contribution in [-0.2, 0) is 7.05 Å². The van der Waals surface area contributed by atoms with E-state index in [1.165, 1.54) is 6.33 Å². The summed E-state index contributed by atoms with van der Waals surface area (Å²) in [6.45, 7) is 2.01. The number of carbonyl (C=O) groups is 1. The number of carbonyl (C=O) groups excluding carboxylic acids is 1. The molecule has 2 N–H and O–H groups in total. The summed E-state index contributed by atoms with van der Waals surface area (Å²) >= 11 is 0. The summed E-state index contributed by atoms with van der Waals surface area (Å²) in [5.41, 5.74) is 2.60. The highest BCUT2D eigenvalue weighted by molar-refractivity contribution is 6.05. The number of nitrogens with zero attached hydrogens (tertiary/aromatic N) is 3. The Morgan fingerprint density at radius 3 is 2.95 bits per heavy atom. The number of aromatic nitrogens is 4. The van der Waals surface area contributed by atoms with Gasteiger partial charge in [-0.25, -0.2) is 0 Å². The van der Waals surface area contributed by atoms with E-state index in [0.717, 1.165) is 16.5 Å². The van der Waals surface area contributed by atoms with Crippen LogP contribution >= 0.6 is 0 Å². The van der Waals surface area contributed by atoms with E-state index in [1.807, 2.05) is 31.2 Å². The fraction of sp³-hybridized carbons (Fsp3) is 0.154. The normalized spacial score (nSPS) is 10.8. The van der Waals surface area contributed by atoms with E-state index >= 15 is 0 Å². The van der Waals surface area contributed by atoms with Crippen LogP contribution in [0, 0.1) is 6.92 Å². The van der Waals surface area contributed by atoms with Gasteiger partial charge in [0.05, 0.1) is 0 Å². The van der Waals surface area contributed by atoms with E-state index < -0.39 is 0 Å². The van der Waals surface area contributed by atoms with E-state index in [1.54, 1.807) is 11.6 Å². The highest BCUT2D eigenvalue weighted by Crippen LogP contribution is 2.17. The lowest BCUT2D eigenvalue weighted by atomic mass is 10.2. The maximum atomic E-state index is 12.1. The minimum absolute atomic E-state index is 0.232. The van der Waals surface area contributed by atoms with Crippen LogP contribution in [0.4, 0.5) is 5.95 Å². The number of hydrogen-bond acceptors (Lipinski definition) is 3. The number of aromatic amines is 1. The number of aryl methyl sites for hydroxylation is 2. The van der Waals surface area contributed by atoms with Gasteiger partial charge in [0.25, 0.3) is 5.91 Å². The molecule has 2 heterocycles. The van der Waals surface area contributed by atoms with Crippen molar-refractivity contribution in [1.82, 2.24) is 19.7 Å². The Morgan fingerprint density at radius 2 is 2.21 bits per heavy atom. The number of H-pyrrole nitrogens is 1. The maximum absolute atomic E-state index is 12.1. The topological polar surface area (TPSA) is 75.6 Å². The number of rotatable bonds is 2. The van der Waals surface area contributed by atoms with E-state index in [9.17, 15) is 4.79 Å². The van der Waals surface area contributed by atoms with Crippen LogP contribution in [0.2, 0.25) is 0 Å². The van der Waals surface area contributed by atoms with Crippen LogP contribution in [0.5, 0.6) is 0 Å². The minimum Gasteiger partial charge on any atom is -0.351 e. The number of amides is 1. The third-order valence-electron chi connectivity index (χ3n) is 2.96. The Balaban J connectivity index is 1.91. The van der Waals surface area contributed by atoms with Crippen LogP contribution in [0.15, 0.2) is 30.6 Å². The first-order valence-electron chi connectivity index (χ1n) is 5.88. The van der Waals surface area contributed by atoms with Gasteiger partial charge in [-0.15, -0.1) is 10.2 Å². The van der Waals surface area contributed by atoms with Gasteiger partial charge in [-0.3, -0.25) is 10.1 Å². The first-order chi connectivity index (χ1) is 9.13. The predicted octanol–water partition coefficient (Wildman–Crippen LogP) is 1.86. The van der Waals surface area contributed by atoms with Crippen molar-refractivity contribution in [2.45, 2.75) is 6.92 Å². The molecule has 0 bridgehead atoms. The standard InChI is InChI=1S/C13H13N5O/c1-8-3-4-9-6-11(15-10(9)5-8)12(19)16-13-17-14-7-18(13)2/h3-7,15H,1-2H3,(H,16,17,19). The lowest BCUT2D eigenvalue weighted by Gasteiger charge is -2.01. The molecule has 0 spiro atoms. The van der Waals surface area contributed by atoms with Crippen molar-refractivity contribution < 1.29 is 4.79 Å². The summed E-state index contributed by atoms with van der Waals surface area (Å²) in [6.07, 6.45) is 1.53. The molecule has 96 valence electrons. The molecule has 0 aliphatic heterocycles. The molecule has 3 aromatic rings. The number of nitrogens with one attached hydrogen (secondary N) is 2. The van der Waals surface area contributed by atoms with E-state index in [0.29, 0.717) is 11.6 Å². The minimum atomic E-state index is -0.232. The van der Waals surface area contributed by atoms with Crippen molar-refractivity contribution in [3.05, 3.63) is 41.9 Å². The zero-order valence-electron chi connectivity index (χ0n) is 10.6. The third-order valence-corrected chi connectivity index (χ3v) is 2.96. The molecule has 0 atom stereocenters. The zero-order chi connectivity index (χ0) is 13.4. The Hall–Kier alpha value is -2.63. The van der Waals surface area contributed by atoms with Gasteiger partial charge in [-0.2, -0.15) is 0 Å². The average Bonchev–Trinajstić information content (AvgIpc) is 2.96. The van der Waals surface area contributed by atoms with Gasteiger partial charge in [0.15, 0.2) is 0 Å². The Kier molecular flexibility index (Phi) is 2.56. The molecule has 19 heavy (non-hydrogen) atoms. The SMILES string of the molecule is Cc1ccc2cc(C(=O)Nc3nncn3C)[nH]c2c1. The molecule has 2 aromatic heterocycles. The van der Waals surface area contributed by atoms with Crippen molar-refractivity contribution in [3.63, 3.8) is 0 Å². The maximum Gasteiger partial charge on any atom is 0.274 e. The van der Waals surface area contributed by atoms with Gasteiger partial charge >= 0.3 is 0 Å². The Bertz CT molecular complexity index is 755. The third kappa shape index (κ3) is 2.08. The second-order valence-corrected chi connectivity index (χ2v) is 4.49. The predicted molar refractivity (Wildman–Crippen MR) is 72.0 cm³/mol. The molecule has 6 nitrogen and oxygen atoms in total. The van der Waals surface area contributed by atoms with Crippen LogP contribution in [-0.4, -0.2) is 25.7 Å². The van der Waals surface area contributed by atoms with Crippen LogP contribution in [0.1, 0.15) is 16.1 Å². The van der Waals surface area contributed by atoms with Gasteiger partial charge in [-0.05, 0) is 24.6 Å². The molecular formula is C13H13N5O. The van der Waals surface area contributed by atoms with Gasteiger partial charge in [-0.1, -0.05) is 12.1 Å². The monoisotopic (exact) mass is 255 g/mol. The molecule has 0 fully saturated rings. The fourth-order valence-corrected chi connectivity index (χ4v) is 1.93. The van der Waals surface area contributed by atoms with Crippen molar-refractivity contribution in [2.75, 3.05) is 5.32 Å². The molecule has 6 heteroatoms. The second kappa shape index (κ2) is 4.24. The molecule has 0 aliphatic rings. The lowest BCUT2D eigenvalue weighted by Crippen LogP contribution is -2.15. The van der Waals surface area contributed by atoms with Crippen molar-refractivity contribution >= 4 is 22.8 Å². The van der Waals surface area contributed by atoms with Gasteiger partial charge in [0.2, 0.25) is 5.95 Å².